The van der Waals surface area contributed by atoms with Crippen LogP contribution in [0.2, 0.25) is 0 Å². The second kappa shape index (κ2) is 7.61. The van der Waals surface area contributed by atoms with Crippen LogP contribution < -0.4 is 5.32 Å². The molecule has 8 heteroatoms. The number of nitrogens with zero attached hydrogens (tertiary/aromatic N) is 4. The van der Waals surface area contributed by atoms with Gasteiger partial charge in [0.25, 0.3) is 0 Å². The van der Waals surface area contributed by atoms with Crippen molar-refractivity contribution in [3.05, 3.63) is 46.2 Å². The SMILES string of the molecule is CCN1CCc2nc(NC(=O)Cc3csc(-c4cccnc4)n3)sc2C1. The summed E-state index contributed by atoms with van der Waals surface area (Å²) >= 11 is 3.11. The van der Waals surface area contributed by atoms with E-state index in [4.69, 9.17) is 0 Å². The Balaban J connectivity index is 1.39. The Morgan fingerprint density at radius 3 is 3.12 bits per heavy atom. The monoisotopic (exact) mass is 385 g/mol. The number of pyridine rings is 1. The molecule has 3 aromatic heterocycles. The highest BCUT2D eigenvalue weighted by Crippen LogP contribution is 2.28. The minimum Gasteiger partial charge on any atom is -0.302 e. The van der Waals surface area contributed by atoms with Gasteiger partial charge in [0.05, 0.1) is 17.8 Å². The van der Waals surface area contributed by atoms with Crippen LogP contribution in [0.4, 0.5) is 5.13 Å². The molecule has 3 aromatic rings. The molecule has 1 N–H and O–H groups in total. The summed E-state index contributed by atoms with van der Waals surface area (Å²) in [7, 11) is 0. The molecule has 0 bridgehead atoms. The first-order valence-corrected chi connectivity index (χ1v) is 10.3. The Labute approximate surface area is 160 Å². The van der Waals surface area contributed by atoms with Crippen LogP contribution in [0.15, 0.2) is 29.9 Å². The molecular formula is C18H19N5OS2. The van der Waals surface area contributed by atoms with Crippen molar-refractivity contribution >= 4 is 33.7 Å². The Morgan fingerprint density at radius 1 is 1.38 bits per heavy atom. The number of nitrogens with one attached hydrogen (secondary N) is 1. The average Bonchev–Trinajstić information content (AvgIpc) is 3.28. The summed E-state index contributed by atoms with van der Waals surface area (Å²) in [4.78, 5) is 29.3. The zero-order valence-electron chi connectivity index (χ0n) is 14.4. The molecule has 0 atom stereocenters. The van der Waals surface area contributed by atoms with Crippen molar-refractivity contribution in [2.75, 3.05) is 18.4 Å². The van der Waals surface area contributed by atoms with E-state index in [2.05, 4.69) is 32.1 Å². The van der Waals surface area contributed by atoms with E-state index in [1.807, 2.05) is 17.5 Å². The molecule has 1 amide bonds. The van der Waals surface area contributed by atoms with Crippen LogP contribution in [-0.2, 0) is 24.2 Å². The molecule has 0 radical (unpaired) electrons. The summed E-state index contributed by atoms with van der Waals surface area (Å²) in [6, 6.07) is 3.85. The lowest BCUT2D eigenvalue weighted by Gasteiger charge is -2.23. The van der Waals surface area contributed by atoms with Gasteiger partial charge in [-0.3, -0.25) is 14.7 Å². The molecule has 0 saturated heterocycles. The van der Waals surface area contributed by atoms with E-state index in [0.717, 1.165) is 48.0 Å². The van der Waals surface area contributed by atoms with Crippen molar-refractivity contribution in [2.24, 2.45) is 0 Å². The first-order valence-electron chi connectivity index (χ1n) is 8.57. The molecule has 6 nitrogen and oxygen atoms in total. The van der Waals surface area contributed by atoms with Gasteiger partial charge in [-0.15, -0.1) is 22.7 Å². The molecule has 4 rings (SSSR count). The van der Waals surface area contributed by atoms with Gasteiger partial charge in [0.2, 0.25) is 5.91 Å². The molecule has 0 fully saturated rings. The molecule has 0 saturated carbocycles. The highest BCUT2D eigenvalue weighted by molar-refractivity contribution is 7.15. The largest absolute Gasteiger partial charge is 0.302 e. The maximum atomic E-state index is 12.4. The molecular weight excluding hydrogens is 366 g/mol. The maximum absolute atomic E-state index is 12.4. The predicted molar refractivity (Wildman–Crippen MR) is 104 cm³/mol. The van der Waals surface area contributed by atoms with Gasteiger partial charge in [-0.1, -0.05) is 6.92 Å². The smallest absolute Gasteiger partial charge is 0.232 e. The third kappa shape index (κ3) is 3.82. The Hall–Kier alpha value is -2.16. The van der Waals surface area contributed by atoms with Crippen LogP contribution in [-0.4, -0.2) is 38.8 Å². The molecule has 134 valence electrons. The quantitative estimate of drug-likeness (QED) is 0.730. The summed E-state index contributed by atoms with van der Waals surface area (Å²) in [6.45, 7) is 5.18. The fourth-order valence-corrected chi connectivity index (χ4v) is 4.79. The number of anilines is 1. The fraction of sp³-hybridized carbons (Fsp3) is 0.333. The summed E-state index contributed by atoms with van der Waals surface area (Å²) in [5.74, 6) is -0.0773. The average molecular weight is 386 g/mol. The van der Waals surface area contributed by atoms with Gasteiger partial charge in [-0.05, 0) is 18.7 Å². The van der Waals surface area contributed by atoms with Crippen LogP contribution in [0.1, 0.15) is 23.2 Å². The number of carbonyl (C=O) groups is 1. The number of rotatable bonds is 5. The second-order valence-corrected chi connectivity index (χ2v) is 8.06. The van der Waals surface area contributed by atoms with Gasteiger partial charge >= 0.3 is 0 Å². The molecule has 0 spiro atoms. The number of likely N-dealkylation sites (N-methyl/N-ethyl adjacent to an activating group) is 1. The third-order valence-corrected chi connectivity index (χ3v) is 6.24. The minimum absolute atomic E-state index is 0.0773. The van der Waals surface area contributed by atoms with E-state index in [1.54, 1.807) is 23.7 Å². The number of hydrogen-bond acceptors (Lipinski definition) is 7. The van der Waals surface area contributed by atoms with Gasteiger partial charge < -0.3 is 5.32 Å². The van der Waals surface area contributed by atoms with Crippen molar-refractivity contribution in [1.82, 2.24) is 19.9 Å². The van der Waals surface area contributed by atoms with Gasteiger partial charge in [0.1, 0.15) is 5.01 Å². The Morgan fingerprint density at radius 2 is 2.31 bits per heavy atom. The van der Waals surface area contributed by atoms with Crippen LogP contribution in [0.25, 0.3) is 10.6 Å². The molecule has 1 aliphatic rings. The molecule has 0 unspecified atom stereocenters. The third-order valence-electron chi connectivity index (χ3n) is 4.31. The summed E-state index contributed by atoms with van der Waals surface area (Å²) in [5, 5.41) is 6.43. The number of fused-ring (bicyclic) bond motifs is 1. The number of thiazole rings is 2. The second-order valence-electron chi connectivity index (χ2n) is 6.12. The van der Waals surface area contributed by atoms with Gasteiger partial charge in [0.15, 0.2) is 5.13 Å². The van der Waals surface area contributed by atoms with E-state index in [-0.39, 0.29) is 12.3 Å². The van der Waals surface area contributed by atoms with Crippen LogP contribution >= 0.6 is 22.7 Å². The maximum Gasteiger partial charge on any atom is 0.232 e. The minimum atomic E-state index is -0.0773. The van der Waals surface area contributed by atoms with Crippen LogP contribution in [0, 0.1) is 0 Å². The highest BCUT2D eigenvalue weighted by Gasteiger charge is 2.20. The van der Waals surface area contributed by atoms with E-state index >= 15 is 0 Å². The molecule has 1 aliphatic heterocycles. The van der Waals surface area contributed by atoms with Crippen molar-refractivity contribution in [3.63, 3.8) is 0 Å². The van der Waals surface area contributed by atoms with E-state index in [1.165, 1.54) is 16.2 Å². The van der Waals surface area contributed by atoms with Gasteiger partial charge in [-0.2, -0.15) is 0 Å². The van der Waals surface area contributed by atoms with Crippen LogP contribution in [0.5, 0.6) is 0 Å². The predicted octanol–water partition coefficient (Wildman–Crippen LogP) is 3.22. The first-order chi connectivity index (χ1) is 12.7. The summed E-state index contributed by atoms with van der Waals surface area (Å²) in [6.07, 6.45) is 4.72. The molecule has 26 heavy (non-hydrogen) atoms. The number of amides is 1. The zero-order valence-corrected chi connectivity index (χ0v) is 16.1. The molecule has 0 aliphatic carbocycles. The normalized spacial score (nSPS) is 14.2. The Kier molecular flexibility index (Phi) is 5.05. The number of carbonyl (C=O) groups excluding carboxylic acids is 1. The van der Waals surface area contributed by atoms with Crippen molar-refractivity contribution in [3.8, 4) is 10.6 Å². The standard InChI is InChI=1S/C18H19N5OS2/c1-2-23-7-5-14-15(10-23)26-18(21-14)22-16(24)8-13-11-25-17(20-13)12-4-3-6-19-9-12/h3-4,6,9,11H,2,5,7-8,10H2,1H3,(H,21,22,24). The van der Waals surface area contributed by atoms with Crippen LogP contribution in [0.3, 0.4) is 0 Å². The number of aromatic nitrogens is 3. The Bertz CT molecular complexity index is 905. The van der Waals surface area contributed by atoms with Gasteiger partial charge in [0, 0.05) is 47.7 Å². The van der Waals surface area contributed by atoms with E-state index in [0.29, 0.717) is 5.13 Å². The molecule has 4 heterocycles. The van der Waals surface area contributed by atoms with E-state index < -0.39 is 0 Å². The lowest BCUT2D eigenvalue weighted by molar-refractivity contribution is -0.115. The molecule has 0 aromatic carbocycles. The van der Waals surface area contributed by atoms with Crippen molar-refractivity contribution in [2.45, 2.75) is 26.3 Å². The van der Waals surface area contributed by atoms with Crippen molar-refractivity contribution < 1.29 is 4.79 Å². The lowest BCUT2D eigenvalue weighted by atomic mass is 10.2. The fourth-order valence-electron chi connectivity index (χ4n) is 2.91. The van der Waals surface area contributed by atoms with Gasteiger partial charge in [-0.25, -0.2) is 9.97 Å². The first kappa shape index (κ1) is 17.3. The summed E-state index contributed by atoms with van der Waals surface area (Å²) in [5.41, 5.74) is 2.87. The van der Waals surface area contributed by atoms with Crippen molar-refractivity contribution in [1.29, 1.82) is 0 Å². The zero-order chi connectivity index (χ0) is 17.9. The number of hydrogen-bond donors (Lipinski definition) is 1. The summed E-state index contributed by atoms with van der Waals surface area (Å²) < 4.78 is 0. The highest BCUT2D eigenvalue weighted by atomic mass is 32.1. The van der Waals surface area contributed by atoms with E-state index in [9.17, 15) is 4.79 Å². The lowest BCUT2D eigenvalue weighted by Crippen LogP contribution is -2.29. The topological polar surface area (TPSA) is 71.0 Å².